The summed E-state index contributed by atoms with van der Waals surface area (Å²) in [5.41, 5.74) is 2.77. The van der Waals surface area contributed by atoms with Crippen LogP contribution in [0.15, 0.2) is 88.2 Å². The van der Waals surface area contributed by atoms with Crippen LogP contribution in [0.1, 0.15) is 43.5 Å². The molecule has 1 aliphatic rings. The third-order valence-corrected chi connectivity index (χ3v) is 7.65. The van der Waals surface area contributed by atoms with Gasteiger partial charge in [0.1, 0.15) is 5.75 Å². The Labute approximate surface area is 247 Å². The first-order chi connectivity index (χ1) is 20.5. The Bertz CT molecular complexity index is 1790. The fraction of sp³-hybridized carbons (Fsp3) is 0.242. The Morgan fingerprint density at radius 3 is 2.31 bits per heavy atom. The molecule has 3 aromatic carbocycles. The van der Waals surface area contributed by atoms with Gasteiger partial charge in [-0.15, -0.1) is 0 Å². The lowest BCUT2D eigenvalue weighted by molar-refractivity contribution is -0.138. The van der Waals surface area contributed by atoms with Crippen molar-refractivity contribution in [1.82, 2.24) is 4.57 Å². The second-order valence-corrected chi connectivity index (χ2v) is 10.3. The van der Waals surface area contributed by atoms with Gasteiger partial charge >= 0.3 is 5.97 Å². The molecular formula is C33H32N2O6S. The van der Waals surface area contributed by atoms with Gasteiger partial charge in [0.15, 0.2) is 16.3 Å². The lowest BCUT2D eigenvalue weighted by Crippen LogP contribution is -2.40. The first-order valence-electron chi connectivity index (χ1n) is 13.8. The molecule has 0 saturated carbocycles. The van der Waals surface area contributed by atoms with E-state index in [9.17, 15) is 9.59 Å². The molecule has 42 heavy (non-hydrogen) atoms. The van der Waals surface area contributed by atoms with E-state index in [1.54, 1.807) is 18.6 Å². The zero-order valence-electron chi connectivity index (χ0n) is 24.0. The highest BCUT2D eigenvalue weighted by Gasteiger charge is 2.35. The fourth-order valence-electron chi connectivity index (χ4n) is 4.85. The second-order valence-electron chi connectivity index (χ2n) is 9.28. The standard InChI is InChI=1S/C33H32N2O6S/c1-5-39-25-18-13-21(19-26(25)40-6-2)20-27-31(36)35-30(23-14-16-24(38-4)17-15-23)28(32(37)41-7-3)29(34-33(35)42-27)22-11-9-8-10-12-22/h8-20,30H,5-7H2,1-4H3/b27-20-/t30-/m1/s1. The molecule has 0 amide bonds. The number of carbonyl (C=O) groups excluding carboxylic acids is 1. The SMILES string of the molecule is CCOC(=O)C1=C(c2ccccc2)N=c2s/c(=C\c3ccc(OCC)c(OCC)c3)c(=O)n2[C@@H]1c1ccc(OC)cc1. The van der Waals surface area contributed by atoms with Crippen molar-refractivity contribution in [2.45, 2.75) is 26.8 Å². The summed E-state index contributed by atoms with van der Waals surface area (Å²) in [6, 6.07) is 21.6. The molecule has 1 atom stereocenters. The number of fused-ring (bicyclic) bond motifs is 1. The Hall–Kier alpha value is -4.63. The number of rotatable bonds is 10. The summed E-state index contributed by atoms with van der Waals surface area (Å²) in [4.78, 5) is 33.1. The number of methoxy groups -OCH3 is 1. The van der Waals surface area contributed by atoms with Crippen LogP contribution in [0.4, 0.5) is 0 Å². The lowest BCUT2D eigenvalue weighted by Gasteiger charge is -2.26. The van der Waals surface area contributed by atoms with Crippen molar-refractivity contribution in [1.29, 1.82) is 0 Å². The molecule has 0 saturated heterocycles. The maximum Gasteiger partial charge on any atom is 0.338 e. The number of hydrogen-bond donors (Lipinski definition) is 0. The zero-order chi connectivity index (χ0) is 29.6. The van der Waals surface area contributed by atoms with Gasteiger partial charge in [-0.05, 0) is 62.2 Å². The van der Waals surface area contributed by atoms with Crippen molar-refractivity contribution >= 4 is 29.1 Å². The molecule has 216 valence electrons. The smallest absolute Gasteiger partial charge is 0.338 e. The van der Waals surface area contributed by atoms with Crippen LogP contribution in [0.5, 0.6) is 17.2 Å². The molecule has 0 spiro atoms. The molecule has 0 radical (unpaired) electrons. The Balaban J connectivity index is 1.76. The summed E-state index contributed by atoms with van der Waals surface area (Å²) < 4.78 is 24.4. The minimum atomic E-state index is -0.761. The van der Waals surface area contributed by atoms with Crippen molar-refractivity contribution in [2.75, 3.05) is 26.9 Å². The van der Waals surface area contributed by atoms with Crippen LogP contribution in [0.2, 0.25) is 0 Å². The Morgan fingerprint density at radius 1 is 0.929 bits per heavy atom. The van der Waals surface area contributed by atoms with Gasteiger partial charge in [0.2, 0.25) is 0 Å². The summed E-state index contributed by atoms with van der Waals surface area (Å²) in [5, 5.41) is 0. The average Bonchev–Trinajstić information content (AvgIpc) is 3.32. The molecule has 2 heterocycles. The van der Waals surface area contributed by atoms with Crippen LogP contribution in [0.3, 0.4) is 0 Å². The van der Waals surface area contributed by atoms with Gasteiger partial charge in [-0.25, -0.2) is 9.79 Å². The van der Waals surface area contributed by atoms with E-state index in [0.29, 0.717) is 51.1 Å². The monoisotopic (exact) mass is 584 g/mol. The number of esters is 1. The third kappa shape index (κ3) is 5.73. The van der Waals surface area contributed by atoms with Gasteiger partial charge in [0.05, 0.1) is 48.8 Å². The predicted molar refractivity (Wildman–Crippen MR) is 163 cm³/mol. The van der Waals surface area contributed by atoms with Gasteiger partial charge in [-0.2, -0.15) is 0 Å². The average molecular weight is 585 g/mol. The maximum atomic E-state index is 14.1. The number of carbonyl (C=O) groups is 1. The minimum absolute atomic E-state index is 0.185. The van der Waals surface area contributed by atoms with E-state index in [2.05, 4.69) is 0 Å². The predicted octanol–water partition coefficient (Wildman–Crippen LogP) is 4.74. The van der Waals surface area contributed by atoms with E-state index in [1.165, 1.54) is 11.3 Å². The van der Waals surface area contributed by atoms with Gasteiger partial charge in [0, 0.05) is 5.56 Å². The van der Waals surface area contributed by atoms with Crippen molar-refractivity contribution in [2.24, 2.45) is 4.99 Å². The van der Waals surface area contributed by atoms with Crippen molar-refractivity contribution in [3.63, 3.8) is 0 Å². The largest absolute Gasteiger partial charge is 0.497 e. The molecule has 4 aromatic rings. The third-order valence-electron chi connectivity index (χ3n) is 6.67. The van der Waals surface area contributed by atoms with Crippen LogP contribution in [-0.2, 0) is 9.53 Å². The van der Waals surface area contributed by atoms with Gasteiger partial charge in [0.25, 0.3) is 5.56 Å². The fourth-order valence-corrected chi connectivity index (χ4v) is 5.85. The van der Waals surface area contributed by atoms with E-state index in [1.807, 2.05) is 92.7 Å². The second kappa shape index (κ2) is 12.9. The van der Waals surface area contributed by atoms with Crippen molar-refractivity contribution in [3.8, 4) is 17.2 Å². The van der Waals surface area contributed by atoms with Crippen molar-refractivity contribution < 1.29 is 23.7 Å². The van der Waals surface area contributed by atoms with Crippen LogP contribution in [0.25, 0.3) is 11.8 Å². The van der Waals surface area contributed by atoms with Crippen LogP contribution in [-0.4, -0.2) is 37.5 Å². The molecule has 0 unspecified atom stereocenters. The summed E-state index contributed by atoms with van der Waals surface area (Å²) in [6.45, 7) is 6.75. The highest BCUT2D eigenvalue weighted by Crippen LogP contribution is 2.36. The van der Waals surface area contributed by atoms with Crippen LogP contribution < -0.4 is 29.1 Å². The minimum Gasteiger partial charge on any atom is -0.497 e. The molecule has 0 aliphatic carbocycles. The first-order valence-corrected chi connectivity index (χ1v) is 14.6. The molecule has 8 nitrogen and oxygen atoms in total. The van der Waals surface area contributed by atoms with Gasteiger partial charge in [-0.3, -0.25) is 9.36 Å². The number of nitrogens with zero attached hydrogens (tertiary/aromatic N) is 2. The van der Waals surface area contributed by atoms with E-state index in [0.717, 1.165) is 16.7 Å². The summed E-state index contributed by atoms with van der Waals surface area (Å²) >= 11 is 1.27. The summed E-state index contributed by atoms with van der Waals surface area (Å²) in [5.74, 6) is 1.39. The number of thiazole rings is 1. The van der Waals surface area contributed by atoms with Crippen molar-refractivity contribution in [3.05, 3.63) is 115 Å². The highest BCUT2D eigenvalue weighted by atomic mass is 32.1. The molecule has 0 fully saturated rings. The summed E-state index contributed by atoms with van der Waals surface area (Å²) in [6.07, 6.45) is 1.81. The number of hydrogen-bond acceptors (Lipinski definition) is 8. The Morgan fingerprint density at radius 2 is 1.64 bits per heavy atom. The van der Waals surface area contributed by atoms with E-state index in [-0.39, 0.29) is 12.2 Å². The molecule has 0 N–H and O–H groups in total. The normalized spacial score (nSPS) is 14.7. The molecule has 0 bridgehead atoms. The number of ether oxygens (including phenoxy) is 4. The molecule has 1 aliphatic heterocycles. The van der Waals surface area contributed by atoms with Crippen LogP contribution in [0, 0.1) is 0 Å². The number of aromatic nitrogens is 1. The highest BCUT2D eigenvalue weighted by molar-refractivity contribution is 7.07. The number of benzene rings is 3. The molecule has 1 aromatic heterocycles. The van der Waals surface area contributed by atoms with Gasteiger partial charge < -0.3 is 18.9 Å². The van der Waals surface area contributed by atoms with Gasteiger partial charge in [-0.1, -0.05) is 59.9 Å². The molecule has 5 rings (SSSR count). The first kappa shape index (κ1) is 28.9. The van der Waals surface area contributed by atoms with E-state index < -0.39 is 12.0 Å². The van der Waals surface area contributed by atoms with E-state index >= 15 is 0 Å². The lowest BCUT2D eigenvalue weighted by atomic mass is 9.93. The Kier molecular flexibility index (Phi) is 8.88. The topological polar surface area (TPSA) is 88.4 Å². The van der Waals surface area contributed by atoms with E-state index in [4.69, 9.17) is 23.9 Å². The van der Waals surface area contributed by atoms with Crippen LogP contribution >= 0.6 is 11.3 Å². The maximum absolute atomic E-state index is 14.1. The molecule has 9 heteroatoms. The quantitative estimate of drug-likeness (QED) is 0.250. The molecular weight excluding hydrogens is 552 g/mol. The zero-order valence-corrected chi connectivity index (χ0v) is 24.8. The summed E-state index contributed by atoms with van der Waals surface area (Å²) in [7, 11) is 1.59.